The molecule has 0 atom stereocenters. The van der Waals surface area contributed by atoms with Gasteiger partial charge in [0.25, 0.3) is 5.91 Å². The predicted molar refractivity (Wildman–Crippen MR) is 90.9 cm³/mol. The van der Waals surface area contributed by atoms with Crippen LogP contribution in [0.3, 0.4) is 0 Å². The number of carbonyl (C=O) groups is 2. The molecular weight excluding hydrogens is 323 g/mol. The highest BCUT2D eigenvalue weighted by molar-refractivity contribution is 6.08. The number of esters is 1. The lowest BCUT2D eigenvalue weighted by Gasteiger charge is -2.17. The van der Waals surface area contributed by atoms with Crippen molar-refractivity contribution in [3.8, 4) is 0 Å². The molecule has 0 radical (unpaired) electrons. The molecule has 128 valence electrons. The summed E-state index contributed by atoms with van der Waals surface area (Å²) < 4.78 is 17.8. The minimum atomic E-state index is -0.562. The summed E-state index contributed by atoms with van der Waals surface area (Å²) >= 11 is 0. The van der Waals surface area contributed by atoms with Gasteiger partial charge < -0.3 is 15.0 Å². The fraction of sp³-hybridized carbons (Fsp3) is 0.158. The average Bonchev–Trinajstić information content (AvgIpc) is 2.93. The van der Waals surface area contributed by atoms with Crippen molar-refractivity contribution in [2.75, 3.05) is 19.0 Å². The highest BCUT2D eigenvalue weighted by Crippen LogP contribution is 2.24. The molecule has 25 heavy (non-hydrogen) atoms. The third kappa shape index (κ3) is 3.68. The average molecular weight is 340 g/mol. The van der Waals surface area contributed by atoms with Crippen LogP contribution in [0.15, 0.2) is 65.9 Å². The summed E-state index contributed by atoms with van der Waals surface area (Å²) in [5.41, 5.74) is 1.90. The Hall–Kier alpha value is -3.15. The number of halogens is 1. The third-order valence-corrected chi connectivity index (χ3v) is 3.91. The second-order valence-electron chi connectivity index (χ2n) is 5.62. The molecule has 0 aromatic heterocycles. The number of hydrogen-bond donors (Lipinski definition) is 1. The van der Waals surface area contributed by atoms with Crippen molar-refractivity contribution < 1.29 is 18.7 Å². The molecule has 0 aliphatic carbocycles. The van der Waals surface area contributed by atoms with Crippen LogP contribution in [0.25, 0.3) is 0 Å². The highest BCUT2D eigenvalue weighted by atomic mass is 19.1. The van der Waals surface area contributed by atoms with Gasteiger partial charge in [-0.2, -0.15) is 0 Å². The van der Waals surface area contributed by atoms with Gasteiger partial charge in [-0.3, -0.25) is 4.79 Å². The molecule has 0 spiro atoms. The van der Waals surface area contributed by atoms with Crippen LogP contribution in [0.4, 0.5) is 10.1 Å². The zero-order chi connectivity index (χ0) is 17.8. The van der Waals surface area contributed by atoms with Crippen LogP contribution in [0.1, 0.15) is 5.56 Å². The van der Waals surface area contributed by atoms with Crippen molar-refractivity contribution in [2.45, 2.75) is 6.54 Å². The first-order valence-corrected chi connectivity index (χ1v) is 7.75. The van der Waals surface area contributed by atoms with Crippen molar-refractivity contribution in [3.63, 3.8) is 0 Å². The molecule has 1 amide bonds. The summed E-state index contributed by atoms with van der Waals surface area (Å²) in [7, 11) is 1.27. The number of benzene rings is 2. The van der Waals surface area contributed by atoms with Crippen LogP contribution in [0, 0.1) is 5.82 Å². The Bertz CT molecular complexity index is 816. The molecule has 1 N–H and O–H groups in total. The van der Waals surface area contributed by atoms with Gasteiger partial charge >= 0.3 is 5.97 Å². The first kappa shape index (κ1) is 16.7. The number of nitrogens with one attached hydrogen (secondary N) is 1. The Kier molecular flexibility index (Phi) is 4.79. The molecule has 2 aromatic rings. The van der Waals surface area contributed by atoms with Gasteiger partial charge in [-0.1, -0.05) is 30.3 Å². The largest absolute Gasteiger partial charge is 0.466 e. The Morgan fingerprint density at radius 3 is 2.48 bits per heavy atom. The van der Waals surface area contributed by atoms with Crippen molar-refractivity contribution in [1.29, 1.82) is 0 Å². The molecule has 1 aliphatic rings. The van der Waals surface area contributed by atoms with E-state index in [9.17, 15) is 14.0 Å². The van der Waals surface area contributed by atoms with Crippen LogP contribution in [-0.4, -0.2) is 30.4 Å². The summed E-state index contributed by atoms with van der Waals surface area (Å²) in [4.78, 5) is 26.4. The molecule has 3 rings (SSSR count). The number of methoxy groups -OCH3 is 1. The zero-order valence-corrected chi connectivity index (χ0v) is 13.7. The fourth-order valence-corrected chi connectivity index (χ4v) is 2.66. The van der Waals surface area contributed by atoms with Crippen molar-refractivity contribution in [2.24, 2.45) is 0 Å². The van der Waals surface area contributed by atoms with Crippen molar-refractivity contribution >= 4 is 17.6 Å². The lowest BCUT2D eigenvalue weighted by molar-refractivity contribution is -0.136. The first-order chi connectivity index (χ1) is 12.1. The quantitative estimate of drug-likeness (QED) is 0.851. The number of rotatable bonds is 5. The highest BCUT2D eigenvalue weighted by Gasteiger charge is 2.34. The number of hydrogen-bond acceptors (Lipinski definition) is 4. The topological polar surface area (TPSA) is 58.6 Å². The SMILES string of the molecule is COC(=O)C1=C(Nc2ccc(F)cc2)C(=O)N(Cc2ccccc2)C1. The number of amides is 1. The molecule has 0 saturated heterocycles. The normalized spacial score (nSPS) is 14.0. The van der Waals surface area contributed by atoms with E-state index in [2.05, 4.69) is 5.32 Å². The van der Waals surface area contributed by atoms with E-state index in [0.717, 1.165) is 5.56 Å². The second kappa shape index (κ2) is 7.17. The number of carbonyl (C=O) groups excluding carboxylic acids is 2. The number of nitrogens with zero attached hydrogens (tertiary/aromatic N) is 1. The molecule has 1 aliphatic heterocycles. The summed E-state index contributed by atoms with van der Waals surface area (Å²) in [5, 5.41) is 2.92. The molecule has 5 nitrogen and oxygen atoms in total. The lowest BCUT2D eigenvalue weighted by Crippen LogP contribution is -2.28. The van der Waals surface area contributed by atoms with Crippen molar-refractivity contribution in [3.05, 3.63) is 77.2 Å². The predicted octanol–water partition coefficient (Wildman–Crippen LogP) is 2.71. The summed E-state index contributed by atoms with van der Waals surface area (Å²) in [6, 6.07) is 15.1. The number of ether oxygens (including phenoxy) is 1. The molecule has 0 unspecified atom stereocenters. The molecule has 0 saturated carbocycles. The Labute approximate surface area is 144 Å². The van der Waals surface area contributed by atoms with E-state index in [1.54, 1.807) is 4.90 Å². The van der Waals surface area contributed by atoms with E-state index in [1.165, 1.54) is 31.4 Å². The second-order valence-corrected chi connectivity index (χ2v) is 5.62. The molecule has 6 heteroatoms. The van der Waals surface area contributed by atoms with Gasteiger partial charge in [0.05, 0.1) is 19.2 Å². The summed E-state index contributed by atoms with van der Waals surface area (Å²) in [6.45, 7) is 0.540. The van der Waals surface area contributed by atoms with Gasteiger partial charge in [-0.05, 0) is 29.8 Å². The van der Waals surface area contributed by atoms with Crippen LogP contribution in [-0.2, 0) is 20.9 Å². The third-order valence-electron chi connectivity index (χ3n) is 3.91. The maximum absolute atomic E-state index is 13.1. The van der Waals surface area contributed by atoms with Crippen molar-refractivity contribution in [1.82, 2.24) is 4.90 Å². The summed E-state index contributed by atoms with van der Waals surface area (Å²) in [6.07, 6.45) is 0. The maximum Gasteiger partial charge on any atom is 0.337 e. The lowest BCUT2D eigenvalue weighted by atomic mass is 10.2. The van der Waals surface area contributed by atoms with E-state index < -0.39 is 5.97 Å². The van der Waals surface area contributed by atoms with E-state index in [1.807, 2.05) is 30.3 Å². The molecule has 2 aromatic carbocycles. The standard InChI is InChI=1S/C19H17FN2O3/c1-25-19(24)16-12-22(11-13-5-3-2-4-6-13)18(23)17(16)21-15-9-7-14(20)8-10-15/h2-10,21H,11-12H2,1H3. The summed E-state index contributed by atoms with van der Waals surface area (Å²) in [5.74, 6) is -1.24. The Balaban J connectivity index is 1.84. The minimum Gasteiger partial charge on any atom is -0.466 e. The van der Waals surface area contributed by atoms with Crippen LogP contribution >= 0.6 is 0 Å². The Morgan fingerprint density at radius 2 is 1.84 bits per heavy atom. The molecule has 0 fully saturated rings. The van der Waals surface area contributed by atoms with Gasteiger partial charge in [0.1, 0.15) is 11.5 Å². The fourth-order valence-electron chi connectivity index (χ4n) is 2.66. The Morgan fingerprint density at radius 1 is 1.16 bits per heavy atom. The number of anilines is 1. The molecular formula is C19H17FN2O3. The molecule has 0 bridgehead atoms. The minimum absolute atomic E-state index is 0.157. The van der Waals surface area contributed by atoms with E-state index in [4.69, 9.17) is 4.74 Å². The first-order valence-electron chi connectivity index (χ1n) is 7.75. The van der Waals surface area contributed by atoms with Crippen LogP contribution < -0.4 is 5.32 Å². The van der Waals surface area contributed by atoms with Gasteiger partial charge in [0, 0.05) is 12.2 Å². The maximum atomic E-state index is 13.1. The monoisotopic (exact) mass is 340 g/mol. The van der Waals surface area contributed by atoms with Gasteiger partial charge in [0.2, 0.25) is 0 Å². The van der Waals surface area contributed by atoms with E-state index in [0.29, 0.717) is 12.2 Å². The van der Waals surface area contributed by atoms with E-state index >= 15 is 0 Å². The van der Waals surface area contributed by atoms with Crippen LogP contribution in [0.5, 0.6) is 0 Å². The molecule has 1 heterocycles. The van der Waals surface area contributed by atoms with Gasteiger partial charge in [-0.15, -0.1) is 0 Å². The smallest absolute Gasteiger partial charge is 0.337 e. The van der Waals surface area contributed by atoms with E-state index in [-0.39, 0.29) is 29.5 Å². The zero-order valence-electron chi connectivity index (χ0n) is 13.7. The van der Waals surface area contributed by atoms with Crippen LogP contribution in [0.2, 0.25) is 0 Å². The van der Waals surface area contributed by atoms with Gasteiger partial charge in [-0.25, -0.2) is 9.18 Å². The van der Waals surface area contributed by atoms with Gasteiger partial charge in [0.15, 0.2) is 0 Å².